The lowest BCUT2D eigenvalue weighted by Gasteiger charge is -2.17. The minimum absolute atomic E-state index is 0.443. The topological polar surface area (TPSA) is 24.9 Å². The Kier molecular flexibility index (Phi) is 5.99. The number of aryl methyl sites for hydroxylation is 1. The predicted molar refractivity (Wildman–Crippen MR) is 72.0 cm³/mol. The molecule has 0 aliphatic carbocycles. The molecule has 0 bridgehead atoms. The third-order valence-electron chi connectivity index (χ3n) is 2.84. The van der Waals surface area contributed by atoms with Crippen LogP contribution in [0.3, 0.4) is 0 Å². The van der Waals surface area contributed by atoms with Gasteiger partial charge in [0.05, 0.1) is 6.04 Å². The maximum atomic E-state index is 4.47. The minimum Gasteiger partial charge on any atom is -0.308 e. The zero-order chi connectivity index (χ0) is 12.0. The van der Waals surface area contributed by atoms with E-state index in [0.717, 1.165) is 18.9 Å². The molecule has 3 heteroatoms. The lowest BCUT2D eigenvalue weighted by Crippen LogP contribution is -2.25. The summed E-state index contributed by atoms with van der Waals surface area (Å²) in [5, 5.41) is 4.87. The van der Waals surface area contributed by atoms with E-state index in [1.54, 1.807) is 0 Å². The normalized spacial score (nSPS) is 15.0. The maximum absolute atomic E-state index is 4.47. The van der Waals surface area contributed by atoms with Gasteiger partial charge in [-0.15, -0.1) is 11.3 Å². The Hall–Kier alpha value is -0.410. The van der Waals surface area contributed by atoms with Crippen molar-refractivity contribution in [2.24, 2.45) is 5.92 Å². The lowest BCUT2D eigenvalue weighted by molar-refractivity contribution is 0.424. The molecule has 1 rings (SSSR count). The van der Waals surface area contributed by atoms with E-state index in [0.29, 0.717) is 6.04 Å². The highest BCUT2D eigenvalue weighted by Gasteiger charge is 2.13. The van der Waals surface area contributed by atoms with Crippen LogP contribution in [-0.4, -0.2) is 11.5 Å². The number of thiazole rings is 1. The fraction of sp³-hybridized carbons (Fsp3) is 0.769. The van der Waals surface area contributed by atoms with E-state index in [1.165, 1.54) is 22.7 Å². The van der Waals surface area contributed by atoms with Gasteiger partial charge >= 0.3 is 0 Å². The molecule has 16 heavy (non-hydrogen) atoms. The van der Waals surface area contributed by atoms with Gasteiger partial charge in [-0.2, -0.15) is 0 Å². The molecule has 92 valence electrons. The molecule has 2 nitrogen and oxygen atoms in total. The Bertz CT molecular complexity index is 296. The second-order valence-corrected chi connectivity index (χ2v) is 5.84. The molecule has 0 aliphatic rings. The summed E-state index contributed by atoms with van der Waals surface area (Å²) in [5.41, 5.74) is 0. The van der Waals surface area contributed by atoms with Crippen molar-refractivity contribution < 1.29 is 0 Å². The number of nitrogens with zero attached hydrogens (tertiary/aromatic N) is 1. The molecule has 0 amide bonds. The van der Waals surface area contributed by atoms with Crippen molar-refractivity contribution in [1.82, 2.24) is 10.3 Å². The molecule has 1 N–H and O–H groups in total. The Morgan fingerprint density at radius 3 is 2.69 bits per heavy atom. The van der Waals surface area contributed by atoms with Crippen LogP contribution in [-0.2, 0) is 0 Å². The van der Waals surface area contributed by atoms with Crippen molar-refractivity contribution in [1.29, 1.82) is 0 Å². The van der Waals surface area contributed by atoms with Crippen molar-refractivity contribution in [2.45, 2.75) is 53.0 Å². The van der Waals surface area contributed by atoms with Gasteiger partial charge in [-0.25, -0.2) is 4.98 Å². The van der Waals surface area contributed by atoms with Crippen LogP contribution in [0.4, 0.5) is 0 Å². The molecular weight excluding hydrogens is 216 g/mol. The van der Waals surface area contributed by atoms with Crippen molar-refractivity contribution in [3.8, 4) is 0 Å². The summed E-state index contributed by atoms with van der Waals surface area (Å²) in [5.74, 6) is 0.764. The van der Waals surface area contributed by atoms with E-state index in [4.69, 9.17) is 0 Å². The van der Waals surface area contributed by atoms with Gasteiger partial charge in [-0.1, -0.05) is 27.2 Å². The molecule has 0 aliphatic heterocycles. The Morgan fingerprint density at radius 1 is 1.44 bits per heavy atom. The second kappa shape index (κ2) is 7.02. The van der Waals surface area contributed by atoms with Gasteiger partial charge in [0.1, 0.15) is 5.01 Å². The average Bonchev–Trinajstić information content (AvgIpc) is 2.66. The fourth-order valence-corrected chi connectivity index (χ4v) is 2.81. The molecule has 0 saturated heterocycles. The minimum atomic E-state index is 0.443. The monoisotopic (exact) mass is 240 g/mol. The number of hydrogen-bond donors (Lipinski definition) is 1. The van der Waals surface area contributed by atoms with Crippen LogP contribution >= 0.6 is 11.3 Å². The van der Waals surface area contributed by atoms with Gasteiger partial charge < -0.3 is 5.32 Å². The molecule has 2 atom stereocenters. The summed E-state index contributed by atoms with van der Waals surface area (Å²) in [6.07, 6.45) is 5.67. The molecule has 1 heterocycles. The summed E-state index contributed by atoms with van der Waals surface area (Å²) in [6.45, 7) is 10.0. The zero-order valence-corrected chi connectivity index (χ0v) is 11.7. The summed E-state index contributed by atoms with van der Waals surface area (Å²) in [6, 6.07) is 0.443. The van der Waals surface area contributed by atoms with Gasteiger partial charge in [0.25, 0.3) is 0 Å². The first-order valence-electron chi connectivity index (χ1n) is 6.33. The summed E-state index contributed by atoms with van der Waals surface area (Å²) < 4.78 is 0. The summed E-state index contributed by atoms with van der Waals surface area (Å²) in [4.78, 5) is 5.77. The van der Waals surface area contributed by atoms with E-state index < -0.39 is 0 Å². The molecule has 0 saturated carbocycles. The van der Waals surface area contributed by atoms with Crippen LogP contribution in [0.25, 0.3) is 0 Å². The zero-order valence-electron chi connectivity index (χ0n) is 10.9. The van der Waals surface area contributed by atoms with Crippen LogP contribution in [0.15, 0.2) is 6.20 Å². The van der Waals surface area contributed by atoms with Gasteiger partial charge in [-0.3, -0.25) is 0 Å². The van der Waals surface area contributed by atoms with Crippen LogP contribution < -0.4 is 5.32 Å². The van der Waals surface area contributed by atoms with E-state index in [-0.39, 0.29) is 0 Å². The molecule has 0 aromatic carbocycles. The van der Waals surface area contributed by atoms with Crippen LogP contribution in [0.1, 0.15) is 56.0 Å². The van der Waals surface area contributed by atoms with Crippen molar-refractivity contribution in [3.63, 3.8) is 0 Å². The quantitative estimate of drug-likeness (QED) is 0.781. The predicted octanol–water partition coefficient (Wildman–Crippen LogP) is 3.93. The van der Waals surface area contributed by atoms with Crippen LogP contribution in [0, 0.1) is 12.8 Å². The summed E-state index contributed by atoms with van der Waals surface area (Å²) >= 11 is 1.81. The molecule has 2 unspecified atom stereocenters. The Labute approximate surface area is 103 Å². The highest BCUT2D eigenvalue weighted by molar-refractivity contribution is 7.11. The van der Waals surface area contributed by atoms with Crippen molar-refractivity contribution >= 4 is 11.3 Å². The van der Waals surface area contributed by atoms with Crippen LogP contribution in [0.2, 0.25) is 0 Å². The molecule has 1 aromatic rings. The van der Waals surface area contributed by atoms with E-state index in [9.17, 15) is 0 Å². The van der Waals surface area contributed by atoms with E-state index in [2.05, 4.69) is 38.0 Å². The standard InChI is InChI=1S/C13H24N2S/c1-5-7-10(3)8-14-12(6-2)13-15-9-11(4)16-13/h9-10,12,14H,5-8H2,1-4H3. The smallest absolute Gasteiger partial charge is 0.110 e. The highest BCUT2D eigenvalue weighted by atomic mass is 32.1. The number of aromatic nitrogens is 1. The SMILES string of the molecule is CCCC(C)CNC(CC)c1ncc(C)s1. The average molecular weight is 240 g/mol. The second-order valence-electron chi connectivity index (χ2n) is 4.57. The largest absolute Gasteiger partial charge is 0.308 e. The Balaban J connectivity index is 2.43. The van der Waals surface area contributed by atoms with Gasteiger partial charge in [0.15, 0.2) is 0 Å². The van der Waals surface area contributed by atoms with Gasteiger partial charge in [0, 0.05) is 11.1 Å². The van der Waals surface area contributed by atoms with E-state index >= 15 is 0 Å². The maximum Gasteiger partial charge on any atom is 0.110 e. The third-order valence-corrected chi connectivity index (χ3v) is 3.87. The summed E-state index contributed by atoms with van der Waals surface area (Å²) in [7, 11) is 0. The van der Waals surface area contributed by atoms with Crippen LogP contribution in [0.5, 0.6) is 0 Å². The number of nitrogens with one attached hydrogen (secondary N) is 1. The van der Waals surface area contributed by atoms with Crippen molar-refractivity contribution in [2.75, 3.05) is 6.54 Å². The molecule has 0 fully saturated rings. The number of hydrogen-bond acceptors (Lipinski definition) is 3. The first-order chi connectivity index (χ1) is 7.67. The fourth-order valence-electron chi connectivity index (χ4n) is 1.88. The Morgan fingerprint density at radius 2 is 2.19 bits per heavy atom. The highest BCUT2D eigenvalue weighted by Crippen LogP contribution is 2.22. The third kappa shape index (κ3) is 4.22. The molecule has 1 aromatic heterocycles. The van der Waals surface area contributed by atoms with Gasteiger partial charge in [-0.05, 0) is 32.2 Å². The van der Waals surface area contributed by atoms with E-state index in [1.807, 2.05) is 17.5 Å². The molecule has 0 spiro atoms. The molecular formula is C13H24N2S. The first kappa shape index (κ1) is 13.7. The number of rotatable bonds is 7. The van der Waals surface area contributed by atoms with Crippen molar-refractivity contribution in [3.05, 3.63) is 16.1 Å². The lowest BCUT2D eigenvalue weighted by atomic mass is 10.1. The van der Waals surface area contributed by atoms with Gasteiger partial charge in [0.2, 0.25) is 0 Å². The first-order valence-corrected chi connectivity index (χ1v) is 7.14. The molecule has 0 radical (unpaired) electrons.